The van der Waals surface area contributed by atoms with Gasteiger partial charge < -0.3 is 41.7 Å². The molecule has 1 aromatic rings. The van der Waals surface area contributed by atoms with E-state index in [4.69, 9.17) is 10.8 Å². The zero-order valence-corrected chi connectivity index (χ0v) is 23.1. The highest BCUT2D eigenvalue weighted by atomic mass is 16.4. The van der Waals surface area contributed by atoms with Gasteiger partial charge in [0.05, 0.1) is 35.9 Å². The number of nitrogens with one attached hydrogen (secondary N) is 2. The van der Waals surface area contributed by atoms with Crippen LogP contribution < -0.4 is 16.4 Å². The normalized spacial score (nSPS) is 29.5. The minimum Gasteiger partial charge on any atom is -0.508 e. The molecule has 0 heterocycles. The molecule has 1 aromatic carbocycles. The summed E-state index contributed by atoms with van der Waals surface area (Å²) in [5.41, 5.74) is 0.432. The summed E-state index contributed by atoms with van der Waals surface area (Å²) in [6.45, 7) is 2.46. The molecular formula is C27H32N4O11. The van der Waals surface area contributed by atoms with Crippen LogP contribution in [0.3, 0.4) is 0 Å². The second kappa shape index (κ2) is 10.5. The van der Waals surface area contributed by atoms with Gasteiger partial charge in [0.2, 0.25) is 11.7 Å². The number of aliphatic hydroxyl groups excluding tert-OH is 3. The number of carbonyl (C=O) groups excluding carboxylic acids is 4. The molecule has 0 aromatic heterocycles. The number of phenols is 1. The van der Waals surface area contributed by atoms with Crippen molar-refractivity contribution in [3.05, 3.63) is 40.2 Å². The topological polar surface area (TPSA) is 260 Å². The van der Waals surface area contributed by atoms with Crippen LogP contribution in [0.1, 0.15) is 30.9 Å². The van der Waals surface area contributed by atoms with Gasteiger partial charge in [-0.25, -0.2) is 0 Å². The Morgan fingerprint density at radius 2 is 1.76 bits per heavy atom. The molecule has 2 amide bonds. The Kier molecular flexibility index (Phi) is 7.67. The number of aliphatic carboxylic acids is 1. The van der Waals surface area contributed by atoms with Crippen molar-refractivity contribution in [3.63, 3.8) is 0 Å². The summed E-state index contributed by atoms with van der Waals surface area (Å²) in [6, 6.07) is 0.245. The van der Waals surface area contributed by atoms with E-state index < -0.39 is 106 Å². The first kappa shape index (κ1) is 30.6. The Hall–Kier alpha value is -4.31. The van der Waals surface area contributed by atoms with E-state index in [0.29, 0.717) is 0 Å². The third-order valence-corrected chi connectivity index (χ3v) is 8.34. The van der Waals surface area contributed by atoms with Crippen LogP contribution in [0.15, 0.2) is 29.0 Å². The fraction of sp³-hybridized carbons (Fsp3) is 0.444. The van der Waals surface area contributed by atoms with E-state index in [1.165, 1.54) is 38.1 Å². The van der Waals surface area contributed by atoms with Gasteiger partial charge in [-0.1, -0.05) is 13.0 Å². The quantitative estimate of drug-likeness (QED) is 0.130. The first-order valence-electron chi connectivity index (χ1n) is 12.9. The first-order valence-corrected chi connectivity index (χ1v) is 12.9. The number of phenolic OH excluding ortho intramolecular Hbond substituents is 1. The predicted molar refractivity (Wildman–Crippen MR) is 144 cm³/mol. The lowest BCUT2D eigenvalue weighted by atomic mass is 9.54. The number of carbonyl (C=O) groups is 5. The molecule has 226 valence electrons. The lowest BCUT2D eigenvalue weighted by Gasteiger charge is -2.53. The third kappa shape index (κ3) is 4.32. The minimum absolute atomic E-state index is 0.198. The van der Waals surface area contributed by atoms with E-state index in [1.54, 1.807) is 6.92 Å². The number of benzene rings is 1. The summed E-state index contributed by atoms with van der Waals surface area (Å²) in [5.74, 6) is -12.2. The standard InChI is InChI=1S/C27H32N4O11/c1-8-10-5-6-11(30-12(32)7-29-9(2)26(40)41)19(33)14(10)20(34)15-13(8)21(35)17-18(31(3)4)22(36)16(25(28)39)24(38)27(17,42)23(15)37/h5-6,8-9,13,17-18,21,29,33-35,38,42H,7H2,1-4H3,(H2,28,39)(H,30,32)(H,40,41)/t8?,9?,13?,17?,18-,21?,27-/m0/s1. The predicted octanol–water partition coefficient (Wildman–Crippen LogP) is -1.50. The number of fused-ring (bicyclic) bond motifs is 3. The van der Waals surface area contributed by atoms with Crippen LogP contribution in [0.25, 0.3) is 5.76 Å². The molecule has 3 aliphatic carbocycles. The lowest BCUT2D eigenvalue weighted by molar-refractivity contribution is -0.169. The van der Waals surface area contributed by atoms with Crippen LogP contribution in [0.5, 0.6) is 5.75 Å². The van der Waals surface area contributed by atoms with Gasteiger partial charge >= 0.3 is 5.97 Å². The largest absolute Gasteiger partial charge is 0.508 e. The highest BCUT2D eigenvalue weighted by Gasteiger charge is 2.68. The Morgan fingerprint density at radius 1 is 1.14 bits per heavy atom. The molecule has 5 unspecified atom stereocenters. The van der Waals surface area contributed by atoms with E-state index in [9.17, 15) is 49.5 Å². The molecule has 7 atom stereocenters. The molecule has 1 fully saturated rings. The zero-order valence-electron chi connectivity index (χ0n) is 23.1. The van der Waals surface area contributed by atoms with Gasteiger partial charge in [0.25, 0.3) is 5.91 Å². The smallest absolute Gasteiger partial charge is 0.320 e. The number of hydrogen-bond donors (Lipinski definition) is 9. The van der Waals surface area contributed by atoms with Crippen molar-refractivity contribution in [2.75, 3.05) is 26.0 Å². The number of amides is 2. The highest BCUT2D eigenvalue weighted by Crippen LogP contribution is 2.56. The third-order valence-electron chi connectivity index (χ3n) is 8.34. The molecule has 0 bridgehead atoms. The van der Waals surface area contributed by atoms with E-state index in [-0.39, 0.29) is 16.8 Å². The van der Waals surface area contributed by atoms with Crippen molar-refractivity contribution >= 4 is 40.8 Å². The number of nitrogens with zero attached hydrogens (tertiary/aromatic N) is 1. The molecule has 0 radical (unpaired) electrons. The van der Waals surface area contributed by atoms with Gasteiger partial charge in [-0.2, -0.15) is 0 Å². The van der Waals surface area contributed by atoms with Crippen molar-refractivity contribution in [2.24, 2.45) is 17.6 Å². The Labute approximate surface area is 238 Å². The van der Waals surface area contributed by atoms with Crippen LogP contribution >= 0.6 is 0 Å². The average Bonchev–Trinajstić information content (AvgIpc) is 2.90. The number of hydrogen-bond acceptors (Lipinski definition) is 12. The molecule has 0 saturated heterocycles. The molecular weight excluding hydrogens is 556 g/mol. The number of rotatable bonds is 7. The molecule has 1 saturated carbocycles. The van der Waals surface area contributed by atoms with E-state index in [2.05, 4.69) is 10.6 Å². The maximum Gasteiger partial charge on any atom is 0.320 e. The average molecular weight is 589 g/mol. The van der Waals surface area contributed by atoms with Gasteiger partial charge in [0, 0.05) is 11.5 Å². The molecule has 15 nitrogen and oxygen atoms in total. The van der Waals surface area contributed by atoms with Crippen LogP contribution in [0.2, 0.25) is 0 Å². The number of aliphatic hydroxyl groups is 4. The SMILES string of the molecule is CC(NCC(=O)Nc1ccc2c(c1O)C(O)=C1C(=O)[C@]3(O)C(O)=C(C(N)=O)C(=O)[C@@H](N(C)C)C3C(O)C1C2C)C(=O)O. The number of aromatic hydroxyl groups is 1. The highest BCUT2D eigenvalue weighted by molar-refractivity contribution is 6.24. The van der Waals surface area contributed by atoms with E-state index in [1.807, 2.05) is 0 Å². The number of likely N-dealkylation sites (N-methyl/N-ethyl adjacent to an activating group) is 1. The van der Waals surface area contributed by atoms with Crippen molar-refractivity contribution in [1.82, 2.24) is 10.2 Å². The van der Waals surface area contributed by atoms with Gasteiger partial charge in [0.1, 0.15) is 28.9 Å². The molecule has 4 rings (SSSR count). The maximum atomic E-state index is 14.0. The maximum absolute atomic E-state index is 14.0. The second-order valence-corrected chi connectivity index (χ2v) is 11.0. The Balaban J connectivity index is 1.85. The van der Waals surface area contributed by atoms with Gasteiger partial charge in [-0.15, -0.1) is 0 Å². The van der Waals surface area contributed by atoms with E-state index in [0.717, 1.165) is 0 Å². The van der Waals surface area contributed by atoms with Crippen molar-refractivity contribution in [3.8, 4) is 5.75 Å². The van der Waals surface area contributed by atoms with Crippen molar-refractivity contribution < 1.29 is 54.6 Å². The van der Waals surface area contributed by atoms with Crippen LogP contribution in [0.4, 0.5) is 5.69 Å². The number of carboxylic acids is 1. The number of Topliss-reactive ketones (excluding diaryl/α,β-unsaturated/α-hetero) is 2. The molecule has 3 aliphatic rings. The number of primary amides is 1. The van der Waals surface area contributed by atoms with E-state index >= 15 is 0 Å². The van der Waals surface area contributed by atoms with Crippen LogP contribution in [0, 0.1) is 11.8 Å². The molecule has 0 aliphatic heterocycles. The van der Waals surface area contributed by atoms with Crippen LogP contribution in [-0.4, -0.2) is 109 Å². The van der Waals surface area contributed by atoms with Gasteiger partial charge in [-0.3, -0.25) is 34.2 Å². The number of ketones is 2. The molecule has 10 N–H and O–H groups in total. The fourth-order valence-corrected chi connectivity index (χ4v) is 6.24. The summed E-state index contributed by atoms with van der Waals surface area (Å²) in [5, 5.41) is 70.5. The molecule has 42 heavy (non-hydrogen) atoms. The van der Waals surface area contributed by atoms with Crippen molar-refractivity contribution in [2.45, 2.75) is 43.6 Å². The molecule has 0 spiro atoms. The lowest BCUT2D eigenvalue weighted by Crippen LogP contribution is -2.70. The monoisotopic (exact) mass is 588 g/mol. The van der Waals surface area contributed by atoms with Gasteiger partial charge in [0.15, 0.2) is 11.4 Å². The molecule has 15 heteroatoms. The zero-order chi connectivity index (χ0) is 31.6. The van der Waals surface area contributed by atoms with Crippen LogP contribution in [-0.2, 0) is 24.0 Å². The summed E-state index contributed by atoms with van der Waals surface area (Å²) in [7, 11) is 2.82. The first-order chi connectivity index (χ1) is 19.5. The summed E-state index contributed by atoms with van der Waals surface area (Å²) in [6.07, 6.45) is -1.73. The van der Waals surface area contributed by atoms with Crippen molar-refractivity contribution in [1.29, 1.82) is 0 Å². The number of anilines is 1. The fourth-order valence-electron chi connectivity index (χ4n) is 6.24. The number of nitrogens with two attached hydrogens (primary N) is 1. The number of carboxylic acid groups (broad SMARTS) is 1. The minimum atomic E-state index is -3.04. The summed E-state index contributed by atoms with van der Waals surface area (Å²) >= 11 is 0. The van der Waals surface area contributed by atoms with Gasteiger partial charge in [-0.05, 0) is 38.6 Å². The Bertz CT molecular complexity index is 1480. The Morgan fingerprint density at radius 3 is 2.31 bits per heavy atom. The summed E-state index contributed by atoms with van der Waals surface area (Å²) < 4.78 is 0. The summed E-state index contributed by atoms with van der Waals surface area (Å²) in [4.78, 5) is 63.9. The second-order valence-electron chi connectivity index (χ2n) is 11.0.